The molecule has 1 saturated heterocycles. The number of benzene rings is 1. The third-order valence-electron chi connectivity index (χ3n) is 6.24. The van der Waals surface area contributed by atoms with Gasteiger partial charge in [0, 0.05) is 18.6 Å². The van der Waals surface area contributed by atoms with Crippen molar-refractivity contribution >= 4 is 49.8 Å². The van der Waals surface area contributed by atoms with E-state index >= 15 is 0 Å². The zero-order valence-corrected chi connectivity index (χ0v) is 20.8. The van der Waals surface area contributed by atoms with Crippen LogP contribution in [0.15, 0.2) is 72.7 Å². The lowest BCUT2D eigenvalue weighted by Crippen LogP contribution is -2.29. The quantitative estimate of drug-likeness (QED) is 0.207. The minimum Gasteiger partial charge on any atom is -0.505 e. The van der Waals surface area contributed by atoms with Crippen LogP contribution < -0.4 is 9.64 Å². The number of fused-ring (bicyclic) bond motifs is 2. The van der Waals surface area contributed by atoms with E-state index in [1.54, 1.807) is 54.2 Å². The fraction of sp³-hybridized carbons (Fsp3) is 0.148. The Bertz CT molecular complexity index is 1720. The number of aryl methyl sites for hydroxylation is 1. The van der Waals surface area contributed by atoms with Crippen LogP contribution in [0.25, 0.3) is 21.6 Å². The Labute approximate surface area is 215 Å². The number of aliphatic hydroxyl groups excluding tert-OH is 1. The van der Waals surface area contributed by atoms with Crippen molar-refractivity contribution in [3.05, 3.63) is 89.6 Å². The van der Waals surface area contributed by atoms with Crippen molar-refractivity contribution in [3.8, 4) is 5.75 Å². The second-order valence-electron chi connectivity index (χ2n) is 8.49. The van der Waals surface area contributed by atoms with Crippen LogP contribution in [0.5, 0.6) is 5.75 Å². The van der Waals surface area contributed by atoms with Gasteiger partial charge in [0.15, 0.2) is 10.9 Å². The first-order chi connectivity index (χ1) is 18.0. The lowest BCUT2D eigenvalue weighted by Gasteiger charge is -2.22. The number of ether oxygens (including phenoxy) is 1. The number of amides is 1. The minimum atomic E-state index is -0.922. The zero-order chi connectivity index (χ0) is 25.7. The summed E-state index contributed by atoms with van der Waals surface area (Å²) >= 11 is 1.28. The summed E-state index contributed by atoms with van der Waals surface area (Å²) in [6, 6.07) is 13.5. The van der Waals surface area contributed by atoms with Crippen LogP contribution in [-0.4, -0.2) is 42.8 Å². The summed E-state index contributed by atoms with van der Waals surface area (Å²) in [7, 11) is 0. The van der Waals surface area contributed by atoms with Crippen LogP contribution in [0.2, 0.25) is 0 Å². The molecule has 37 heavy (non-hydrogen) atoms. The molecule has 0 spiro atoms. The van der Waals surface area contributed by atoms with Crippen LogP contribution in [0.4, 0.5) is 5.13 Å². The molecule has 1 aliphatic rings. The number of pyridine rings is 2. The Hall–Kier alpha value is -4.57. The molecule has 184 valence electrons. The monoisotopic (exact) mass is 511 g/mol. The molecule has 1 atom stereocenters. The maximum absolute atomic E-state index is 13.5. The highest BCUT2D eigenvalue weighted by Gasteiger charge is 2.48. The second-order valence-corrected chi connectivity index (χ2v) is 9.50. The average Bonchev–Trinajstić information content (AvgIpc) is 3.55. The molecule has 10 heteroatoms. The minimum absolute atomic E-state index is 0.0407. The highest BCUT2D eigenvalue weighted by Crippen LogP contribution is 2.44. The van der Waals surface area contributed by atoms with Gasteiger partial charge < -0.3 is 9.84 Å². The predicted octanol–water partition coefficient (Wildman–Crippen LogP) is 4.67. The van der Waals surface area contributed by atoms with E-state index in [9.17, 15) is 14.7 Å². The van der Waals surface area contributed by atoms with Gasteiger partial charge in [-0.3, -0.25) is 23.9 Å². The van der Waals surface area contributed by atoms with Crippen LogP contribution >= 0.6 is 11.3 Å². The van der Waals surface area contributed by atoms with E-state index in [0.29, 0.717) is 45.6 Å². The first-order valence-electron chi connectivity index (χ1n) is 11.7. The van der Waals surface area contributed by atoms with Gasteiger partial charge in [0.2, 0.25) is 0 Å². The average molecular weight is 512 g/mol. The van der Waals surface area contributed by atoms with Crippen molar-refractivity contribution in [2.24, 2.45) is 0 Å². The number of rotatable bonds is 5. The Morgan fingerprint density at radius 3 is 2.78 bits per heavy atom. The number of Topliss-reactive ketones (excluding diaryl/α,β-unsaturated/α-hetero) is 1. The molecule has 5 aromatic rings. The molecule has 9 nitrogen and oxygen atoms in total. The van der Waals surface area contributed by atoms with Crippen molar-refractivity contribution in [1.29, 1.82) is 0 Å². The van der Waals surface area contributed by atoms with Gasteiger partial charge in [-0.25, -0.2) is 9.97 Å². The number of carbonyl (C=O) groups is 2. The van der Waals surface area contributed by atoms with Crippen LogP contribution in [-0.2, 0) is 9.59 Å². The van der Waals surface area contributed by atoms with Crippen molar-refractivity contribution in [1.82, 2.24) is 19.4 Å². The molecular weight excluding hydrogens is 490 g/mol. The molecule has 4 aromatic heterocycles. The Kier molecular flexibility index (Phi) is 5.45. The maximum Gasteiger partial charge on any atom is 0.301 e. The van der Waals surface area contributed by atoms with Crippen molar-refractivity contribution in [2.75, 3.05) is 11.5 Å². The van der Waals surface area contributed by atoms with E-state index in [-0.39, 0.29) is 11.3 Å². The van der Waals surface area contributed by atoms with E-state index in [1.807, 2.05) is 31.2 Å². The molecule has 6 rings (SSSR count). The summed E-state index contributed by atoms with van der Waals surface area (Å²) in [5.41, 5.74) is 2.71. The fourth-order valence-electron chi connectivity index (χ4n) is 4.66. The van der Waals surface area contributed by atoms with Crippen LogP contribution in [0.1, 0.15) is 29.9 Å². The maximum atomic E-state index is 13.5. The summed E-state index contributed by atoms with van der Waals surface area (Å²) in [6.07, 6.45) is 4.94. The summed E-state index contributed by atoms with van der Waals surface area (Å²) < 4.78 is 8.11. The molecular formula is C27H21N5O4S. The molecule has 1 aliphatic heterocycles. The number of nitrogens with zero attached hydrogens (tertiary/aromatic N) is 5. The standard InChI is InChI=1S/C27H21N5O4S/c1-3-36-17-9-10-18-19(13-17)37-27(30-18)32-23(16-7-6-11-28-14-16)21(25(34)26(32)35)24(33)22-15(2)29-20-8-4-5-12-31(20)22/h4-14,23,33H,3H2,1-2H3/b24-21+. The van der Waals surface area contributed by atoms with E-state index in [1.165, 1.54) is 16.2 Å². The van der Waals surface area contributed by atoms with Crippen LogP contribution in [0.3, 0.4) is 0 Å². The van der Waals surface area contributed by atoms with Gasteiger partial charge in [-0.1, -0.05) is 23.5 Å². The number of carbonyl (C=O) groups excluding carboxylic acids is 2. The predicted molar refractivity (Wildman–Crippen MR) is 140 cm³/mol. The number of hydrogen-bond acceptors (Lipinski definition) is 8. The largest absolute Gasteiger partial charge is 0.505 e. The number of thiazole rings is 1. The van der Waals surface area contributed by atoms with Gasteiger partial charge in [0.1, 0.15) is 17.1 Å². The molecule has 0 saturated carbocycles. The Balaban J connectivity index is 1.57. The molecule has 1 fully saturated rings. The van der Waals surface area contributed by atoms with Crippen LogP contribution in [0, 0.1) is 6.92 Å². The first kappa shape index (κ1) is 22.9. The molecule has 1 N–H and O–H groups in total. The summed E-state index contributed by atoms with van der Waals surface area (Å²) in [5.74, 6) is -1.18. The van der Waals surface area contributed by atoms with Gasteiger partial charge in [0.25, 0.3) is 5.78 Å². The lowest BCUT2D eigenvalue weighted by atomic mass is 9.97. The van der Waals surface area contributed by atoms with Gasteiger partial charge in [-0.2, -0.15) is 0 Å². The van der Waals surface area contributed by atoms with Crippen molar-refractivity contribution in [3.63, 3.8) is 0 Å². The third-order valence-corrected chi connectivity index (χ3v) is 7.26. The van der Waals surface area contributed by atoms with Crippen molar-refractivity contribution < 1.29 is 19.4 Å². The number of hydrogen-bond donors (Lipinski definition) is 1. The number of ketones is 1. The molecule has 0 radical (unpaired) electrons. The number of aromatic nitrogens is 4. The summed E-state index contributed by atoms with van der Waals surface area (Å²) in [6.45, 7) is 4.18. The molecule has 1 amide bonds. The highest BCUT2D eigenvalue weighted by atomic mass is 32.1. The number of anilines is 1. The normalized spacial score (nSPS) is 17.2. The van der Waals surface area contributed by atoms with E-state index in [0.717, 1.165) is 4.70 Å². The van der Waals surface area contributed by atoms with Crippen molar-refractivity contribution in [2.45, 2.75) is 19.9 Å². The summed E-state index contributed by atoms with van der Waals surface area (Å²) in [4.78, 5) is 41.7. The molecule has 0 bridgehead atoms. The van der Waals surface area contributed by atoms with E-state index in [4.69, 9.17) is 4.74 Å². The van der Waals surface area contributed by atoms with E-state index < -0.39 is 17.7 Å². The third kappa shape index (κ3) is 3.64. The van der Waals surface area contributed by atoms with Gasteiger partial charge >= 0.3 is 5.91 Å². The highest BCUT2D eigenvalue weighted by molar-refractivity contribution is 7.22. The molecule has 0 aliphatic carbocycles. The zero-order valence-electron chi connectivity index (χ0n) is 20.0. The Morgan fingerprint density at radius 2 is 2.00 bits per heavy atom. The number of aliphatic hydroxyl groups is 1. The second kappa shape index (κ2) is 8.82. The van der Waals surface area contributed by atoms with Gasteiger partial charge in [0.05, 0.1) is 34.1 Å². The Morgan fingerprint density at radius 1 is 1.14 bits per heavy atom. The van der Waals surface area contributed by atoms with Gasteiger partial charge in [-0.15, -0.1) is 0 Å². The molecule has 1 unspecified atom stereocenters. The smallest absolute Gasteiger partial charge is 0.301 e. The molecule has 1 aromatic carbocycles. The van der Waals surface area contributed by atoms with Gasteiger partial charge in [-0.05, 0) is 55.8 Å². The SMILES string of the molecule is CCOc1ccc2nc(N3C(=O)C(=O)/C(=C(/O)c4c(C)nc5ccccn45)C3c3cccnc3)sc2c1. The fourth-order valence-corrected chi connectivity index (χ4v) is 5.68. The molecule has 5 heterocycles. The van der Waals surface area contributed by atoms with E-state index in [2.05, 4.69) is 15.0 Å². The number of imidazole rings is 1. The topological polar surface area (TPSA) is 110 Å². The summed E-state index contributed by atoms with van der Waals surface area (Å²) in [5, 5.41) is 11.9. The lowest BCUT2D eigenvalue weighted by molar-refractivity contribution is -0.132. The first-order valence-corrected chi connectivity index (χ1v) is 12.5.